The molecular weight excluding hydrogens is 331 g/mol. The van der Waals surface area contributed by atoms with E-state index in [2.05, 4.69) is 24.5 Å². The molecule has 2 amide bonds. The summed E-state index contributed by atoms with van der Waals surface area (Å²) in [6, 6.07) is 11.9. The van der Waals surface area contributed by atoms with Crippen LogP contribution in [0.25, 0.3) is 0 Å². The zero-order chi connectivity index (χ0) is 18.8. The normalized spacial score (nSPS) is 18.5. The molecule has 0 aliphatic heterocycles. The minimum Gasteiger partial charge on any atom is -0.325 e. The minimum atomic E-state index is -0.482. The van der Waals surface area contributed by atoms with E-state index in [0.717, 1.165) is 16.8 Å². The number of carbonyl (C=O) groups excluding carboxylic acids is 2. The highest BCUT2D eigenvalue weighted by Gasteiger charge is 2.48. The predicted octanol–water partition coefficient (Wildman–Crippen LogP) is 4.47. The van der Waals surface area contributed by atoms with Crippen LogP contribution in [0.1, 0.15) is 37.3 Å². The summed E-state index contributed by atoms with van der Waals surface area (Å²) in [4.78, 5) is 24.8. The van der Waals surface area contributed by atoms with Crippen molar-refractivity contribution in [2.45, 2.75) is 33.1 Å². The summed E-state index contributed by atoms with van der Waals surface area (Å²) in [6.45, 7) is 6.11. The molecule has 5 heteroatoms. The second-order valence-corrected chi connectivity index (χ2v) is 7.10. The zero-order valence-electron chi connectivity index (χ0n) is 15.2. The van der Waals surface area contributed by atoms with Crippen molar-refractivity contribution >= 4 is 23.2 Å². The molecular formula is C21H23FN2O2. The number of para-hydroxylation sites is 2. The highest BCUT2D eigenvalue weighted by molar-refractivity contribution is 6.03. The van der Waals surface area contributed by atoms with E-state index in [1.807, 2.05) is 25.1 Å². The summed E-state index contributed by atoms with van der Waals surface area (Å²) < 4.78 is 13.6. The third-order valence-corrected chi connectivity index (χ3v) is 4.77. The molecule has 2 unspecified atom stereocenters. The summed E-state index contributed by atoms with van der Waals surface area (Å²) in [7, 11) is 0. The van der Waals surface area contributed by atoms with Gasteiger partial charge in [0.15, 0.2) is 0 Å². The van der Waals surface area contributed by atoms with Gasteiger partial charge in [-0.05, 0) is 42.5 Å². The molecule has 2 aromatic rings. The van der Waals surface area contributed by atoms with Gasteiger partial charge in [0.1, 0.15) is 5.82 Å². The van der Waals surface area contributed by atoms with Crippen LogP contribution in [0.3, 0.4) is 0 Å². The van der Waals surface area contributed by atoms with Crippen LogP contribution in [0.15, 0.2) is 42.5 Å². The molecule has 0 saturated heterocycles. The van der Waals surface area contributed by atoms with Crippen LogP contribution in [0.5, 0.6) is 0 Å². The van der Waals surface area contributed by atoms with Crippen LogP contribution < -0.4 is 10.6 Å². The lowest BCUT2D eigenvalue weighted by molar-refractivity contribution is -0.122. The van der Waals surface area contributed by atoms with Gasteiger partial charge in [-0.25, -0.2) is 4.39 Å². The van der Waals surface area contributed by atoms with E-state index in [-0.39, 0.29) is 29.3 Å². The van der Waals surface area contributed by atoms with Crippen molar-refractivity contribution in [3.05, 3.63) is 59.4 Å². The summed E-state index contributed by atoms with van der Waals surface area (Å²) >= 11 is 0. The first-order valence-corrected chi connectivity index (χ1v) is 8.84. The molecule has 1 aliphatic carbocycles. The lowest BCUT2D eigenvalue weighted by atomic mass is 9.98. The Morgan fingerprint density at radius 2 is 1.65 bits per heavy atom. The van der Waals surface area contributed by atoms with E-state index < -0.39 is 11.7 Å². The number of hydrogen-bond donors (Lipinski definition) is 2. The third-order valence-electron chi connectivity index (χ3n) is 4.77. The van der Waals surface area contributed by atoms with Crippen LogP contribution in [-0.2, 0) is 9.59 Å². The van der Waals surface area contributed by atoms with Gasteiger partial charge in [0.25, 0.3) is 0 Å². The Hall–Kier alpha value is -2.69. The van der Waals surface area contributed by atoms with E-state index in [0.29, 0.717) is 6.42 Å². The van der Waals surface area contributed by atoms with Crippen molar-refractivity contribution in [2.24, 2.45) is 11.8 Å². The summed E-state index contributed by atoms with van der Waals surface area (Å²) in [6.07, 6.45) is 0.481. The van der Waals surface area contributed by atoms with Crippen molar-refractivity contribution in [3.8, 4) is 0 Å². The Morgan fingerprint density at radius 3 is 2.31 bits per heavy atom. The topological polar surface area (TPSA) is 58.2 Å². The second-order valence-electron chi connectivity index (χ2n) is 7.10. The molecule has 1 saturated carbocycles. The minimum absolute atomic E-state index is 0.143. The molecule has 1 fully saturated rings. The van der Waals surface area contributed by atoms with E-state index in [1.54, 1.807) is 12.1 Å². The standard InChI is InChI=1S/C21H23FN2O2/c1-12(2)14-8-6-7-13(3)19(14)24-21(26)16-11-15(16)20(25)23-18-10-5-4-9-17(18)22/h4-10,12,15-16H,11H2,1-3H3,(H,23,25)(H,24,26). The van der Waals surface area contributed by atoms with E-state index in [9.17, 15) is 14.0 Å². The highest BCUT2D eigenvalue weighted by Crippen LogP contribution is 2.41. The Morgan fingerprint density at radius 1 is 1.00 bits per heavy atom. The van der Waals surface area contributed by atoms with Crippen molar-refractivity contribution in [1.29, 1.82) is 0 Å². The third kappa shape index (κ3) is 3.77. The first-order chi connectivity index (χ1) is 12.4. The van der Waals surface area contributed by atoms with Crippen molar-refractivity contribution in [3.63, 3.8) is 0 Å². The SMILES string of the molecule is Cc1cccc(C(C)C)c1NC(=O)C1CC1C(=O)Nc1ccccc1F. The van der Waals surface area contributed by atoms with Gasteiger partial charge in [0.05, 0.1) is 17.5 Å². The fraction of sp³-hybridized carbons (Fsp3) is 0.333. The van der Waals surface area contributed by atoms with Gasteiger partial charge < -0.3 is 10.6 Å². The number of rotatable bonds is 5. The second kappa shape index (κ2) is 7.28. The Bertz CT molecular complexity index is 848. The molecule has 0 aromatic heterocycles. The quantitative estimate of drug-likeness (QED) is 0.832. The average molecular weight is 354 g/mol. The monoisotopic (exact) mass is 354 g/mol. The van der Waals surface area contributed by atoms with Crippen LogP contribution in [0.4, 0.5) is 15.8 Å². The zero-order valence-corrected chi connectivity index (χ0v) is 15.2. The molecule has 26 heavy (non-hydrogen) atoms. The number of amides is 2. The number of benzene rings is 2. The average Bonchev–Trinajstić information content (AvgIpc) is 3.39. The van der Waals surface area contributed by atoms with Gasteiger partial charge in [0, 0.05) is 5.69 Å². The van der Waals surface area contributed by atoms with Crippen LogP contribution in [-0.4, -0.2) is 11.8 Å². The summed E-state index contributed by atoms with van der Waals surface area (Å²) in [5, 5.41) is 5.56. The van der Waals surface area contributed by atoms with Crippen LogP contribution in [0, 0.1) is 24.6 Å². The molecule has 0 radical (unpaired) electrons. The van der Waals surface area contributed by atoms with Gasteiger partial charge in [-0.1, -0.05) is 44.2 Å². The highest BCUT2D eigenvalue weighted by atomic mass is 19.1. The molecule has 0 heterocycles. The van der Waals surface area contributed by atoms with Crippen LogP contribution >= 0.6 is 0 Å². The molecule has 0 bridgehead atoms. The molecule has 1 aliphatic rings. The maximum Gasteiger partial charge on any atom is 0.228 e. The number of nitrogens with one attached hydrogen (secondary N) is 2. The summed E-state index contributed by atoms with van der Waals surface area (Å²) in [5.41, 5.74) is 3.04. The lowest BCUT2D eigenvalue weighted by Crippen LogP contribution is -2.22. The summed E-state index contributed by atoms with van der Waals surface area (Å²) in [5.74, 6) is -1.46. The molecule has 2 aromatic carbocycles. The Balaban J connectivity index is 1.65. The lowest BCUT2D eigenvalue weighted by Gasteiger charge is -2.16. The fourth-order valence-electron chi connectivity index (χ4n) is 3.12. The first-order valence-electron chi connectivity index (χ1n) is 8.84. The van der Waals surface area contributed by atoms with Gasteiger partial charge in [0.2, 0.25) is 11.8 Å². The van der Waals surface area contributed by atoms with Gasteiger partial charge in [-0.3, -0.25) is 9.59 Å². The van der Waals surface area contributed by atoms with Gasteiger partial charge >= 0.3 is 0 Å². The fourth-order valence-corrected chi connectivity index (χ4v) is 3.12. The number of halogens is 1. The van der Waals surface area contributed by atoms with Gasteiger partial charge in [-0.2, -0.15) is 0 Å². The smallest absolute Gasteiger partial charge is 0.228 e. The first kappa shape index (κ1) is 18.1. The predicted molar refractivity (Wildman–Crippen MR) is 101 cm³/mol. The molecule has 3 rings (SSSR count). The molecule has 4 nitrogen and oxygen atoms in total. The number of aryl methyl sites for hydroxylation is 1. The van der Waals surface area contributed by atoms with Crippen LogP contribution in [0.2, 0.25) is 0 Å². The van der Waals surface area contributed by atoms with E-state index >= 15 is 0 Å². The van der Waals surface area contributed by atoms with Gasteiger partial charge in [-0.15, -0.1) is 0 Å². The van der Waals surface area contributed by atoms with Crippen molar-refractivity contribution in [2.75, 3.05) is 10.6 Å². The number of hydrogen-bond acceptors (Lipinski definition) is 2. The van der Waals surface area contributed by atoms with E-state index in [4.69, 9.17) is 0 Å². The molecule has 136 valence electrons. The van der Waals surface area contributed by atoms with Crippen molar-refractivity contribution < 1.29 is 14.0 Å². The Kier molecular flexibility index (Phi) is 5.07. The van der Waals surface area contributed by atoms with Crippen molar-refractivity contribution in [1.82, 2.24) is 0 Å². The van der Waals surface area contributed by atoms with E-state index in [1.165, 1.54) is 12.1 Å². The molecule has 0 spiro atoms. The molecule has 2 atom stereocenters. The largest absolute Gasteiger partial charge is 0.325 e. The number of carbonyl (C=O) groups is 2. The maximum atomic E-state index is 13.6. The number of anilines is 2. The maximum absolute atomic E-state index is 13.6. The molecule has 2 N–H and O–H groups in total. The Labute approximate surface area is 152 Å².